The molecule has 2 N–H and O–H groups in total. The van der Waals surface area contributed by atoms with Crippen molar-refractivity contribution in [3.05, 3.63) is 29.6 Å². The summed E-state index contributed by atoms with van der Waals surface area (Å²) in [4.78, 5) is 23.0. The fourth-order valence-corrected chi connectivity index (χ4v) is 1.42. The van der Waals surface area contributed by atoms with Gasteiger partial charge in [-0.25, -0.2) is 4.39 Å². The van der Waals surface area contributed by atoms with Crippen LogP contribution < -0.4 is 15.4 Å². The second-order valence-electron chi connectivity index (χ2n) is 3.87. The van der Waals surface area contributed by atoms with E-state index in [4.69, 9.17) is 9.47 Å². The molecule has 0 radical (unpaired) electrons. The highest BCUT2D eigenvalue weighted by Crippen LogP contribution is 2.15. The summed E-state index contributed by atoms with van der Waals surface area (Å²) in [5.41, 5.74) is -0.143. The summed E-state index contributed by atoms with van der Waals surface area (Å²) in [6, 6.07) is 3.87. The van der Waals surface area contributed by atoms with Gasteiger partial charge in [0.05, 0.1) is 25.8 Å². The Bertz CT molecular complexity index is 479. The highest BCUT2D eigenvalue weighted by molar-refractivity contribution is 5.96. The average Bonchev–Trinajstić information content (AvgIpc) is 2.44. The van der Waals surface area contributed by atoms with Gasteiger partial charge in [-0.1, -0.05) is 0 Å². The standard InChI is InChI=1S/C13H17FN2O4/c1-19-6-5-15-12(17)8-16-13(18)10-4-3-9(20-2)7-11(10)14/h3-4,7H,5-6,8H2,1-2H3,(H,15,17)(H,16,18). The molecule has 0 spiro atoms. The van der Waals surface area contributed by atoms with Gasteiger partial charge in [-0.15, -0.1) is 0 Å². The predicted octanol–water partition coefficient (Wildman–Crippen LogP) is 0.327. The summed E-state index contributed by atoms with van der Waals surface area (Å²) < 4.78 is 23.2. The van der Waals surface area contributed by atoms with E-state index >= 15 is 0 Å². The fourth-order valence-electron chi connectivity index (χ4n) is 1.42. The van der Waals surface area contributed by atoms with E-state index in [2.05, 4.69) is 10.6 Å². The monoisotopic (exact) mass is 284 g/mol. The van der Waals surface area contributed by atoms with Crippen molar-refractivity contribution in [2.75, 3.05) is 33.9 Å². The molecule has 1 aromatic carbocycles. The van der Waals surface area contributed by atoms with E-state index in [0.29, 0.717) is 18.9 Å². The lowest BCUT2D eigenvalue weighted by Gasteiger charge is -2.08. The van der Waals surface area contributed by atoms with Gasteiger partial charge >= 0.3 is 0 Å². The number of carbonyl (C=O) groups is 2. The predicted molar refractivity (Wildman–Crippen MR) is 70.2 cm³/mol. The minimum absolute atomic E-state index is 0.143. The number of carbonyl (C=O) groups excluding carboxylic acids is 2. The Morgan fingerprint density at radius 3 is 2.60 bits per heavy atom. The van der Waals surface area contributed by atoms with E-state index < -0.39 is 11.7 Å². The van der Waals surface area contributed by atoms with Crippen molar-refractivity contribution in [3.63, 3.8) is 0 Å². The van der Waals surface area contributed by atoms with Crippen molar-refractivity contribution >= 4 is 11.8 Å². The lowest BCUT2D eigenvalue weighted by atomic mass is 10.2. The lowest BCUT2D eigenvalue weighted by molar-refractivity contribution is -0.120. The maximum absolute atomic E-state index is 13.6. The largest absolute Gasteiger partial charge is 0.497 e. The van der Waals surface area contributed by atoms with Gasteiger partial charge in [0, 0.05) is 19.7 Å². The Hall–Kier alpha value is -2.15. The Kier molecular flexibility index (Phi) is 6.45. The molecule has 0 aromatic heterocycles. The van der Waals surface area contributed by atoms with Crippen LogP contribution in [0.4, 0.5) is 4.39 Å². The molecular formula is C13H17FN2O4. The zero-order chi connectivity index (χ0) is 15.0. The molecule has 0 unspecified atom stereocenters. The normalized spacial score (nSPS) is 9.95. The van der Waals surface area contributed by atoms with E-state index in [1.54, 1.807) is 0 Å². The van der Waals surface area contributed by atoms with Crippen LogP contribution in [0.1, 0.15) is 10.4 Å². The molecule has 1 aromatic rings. The number of halogens is 1. The molecule has 0 bridgehead atoms. The van der Waals surface area contributed by atoms with Crippen molar-refractivity contribution in [3.8, 4) is 5.75 Å². The third-order valence-corrected chi connectivity index (χ3v) is 2.46. The summed E-state index contributed by atoms with van der Waals surface area (Å²) in [7, 11) is 2.92. The molecule has 110 valence electrons. The van der Waals surface area contributed by atoms with Gasteiger partial charge in [0.25, 0.3) is 5.91 Å². The average molecular weight is 284 g/mol. The molecule has 0 saturated heterocycles. The smallest absolute Gasteiger partial charge is 0.254 e. The second-order valence-corrected chi connectivity index (χ2v) is 3.87. The number of hydrogen-bond acceptors (Lipinski definition) is 4. The zero-order valence-corrected chi connectivity index (χ0v) is 11.4. The van der Waals surface area contributed by atoms with Crippen molar-refractivity contribution in [1.29, 1.82) is 0 Å². The highest BCUT2D eigenvalue weighted by Gasteiger charge is 2.13. The molecule has 0 heterocycles. The van der Waals surface area contributed by atoms with Gasteiger partial charge in [0.2, 0.25) is 5.91 Å². The topological polar surface area (TPSA) is 76.7 Å². The first-order valence-electron chi connectivity index (χ1n) is 5.96. The van der Waals surface area contributed by atoms with Gasteiger partial charge < -0.3 is 20.1 Å². The van der Waals surface area contributed by atoms with Crippen LogP contribution in [-0.4, -0.2) is 45.7 Å². The molecule has 20 heavy (non-hydrogen) atoms. The molecule has 0 aliphatic heterocycles. The number of rotatable bonds is 7. The first kappa shape index (κ1) is 15.9. The lowest BCUT2D eigenvalue weighted by Crippen LogP contribution is -2.38. The van der Waals surface area contributed by atoms with Crippen molar-refractivity contribution in [2.45, 2.75) is 0 Å². The summed E-state index contributed by atoms with van der Waals surface area (Å²) in [6.07, 6.45) is 0. The highest BCUT2D eigenvalue weighted by atomic mass is 19.1. The van der Waals surface area contributed by atoms with Crippen LogP contribution in [0.5, 0.6) is 5.75 Å². The maximum Gasteiger partial charge on any atom is 0.254 e. The van der Waals surface area contributed by atoms with Crippen LogP contribution in [0.2, 0.25) is 0 Å². The number of hydrogen-bond donors (Lipinski definition) is 2. The van der Waals surface area contributed by atoms with Gasteiger partial charge in [-0.3, -0.25) is 9.59 Å². The number of methoxy groups -OCH3 is 2. The summed E-state index contributed by atoms with van der Waals surface area (Å²) in [6.45, 7) is 0.503. The third kappa shape index (κ3) is 4.85. The van der Waals surface area contributed by atoms with Crippen molar-refractivity contribution < 1.29 is 23.5 Å². The third-order valence-electron chi connectivity index (χ3n) is 2.46. The maximum atomic E-state index is 13.6. The molecule has 0 saturated carbocycles. The molecular weight excluding hydrogens is 267 g/mol. The first-order valence-corrected chi connectivity index (χ1v) is 5.96. The Morgan fingerprint density at radius 1 is 1.25 bits per heavy atom. The molecule has 1 rings (SSSR count). The number of benzene rings is 1. The number of amides is 2. The van der Waals surface area contributed by atoms with E-state index in [1.165, 1.54) is 26.4 Å². The van der Waals surface area contributed by atoms with Gasteiger partial charge in [0.1, 0.15) is 11.6 Å². The molecule has 7 heteroatoms. The molecule has 2 amide bonds. The SMILES string of the molecule is COCCNC(=O)CNC(=O)c1ccc(OC)cc1F. The van der Waals surface area contributed by atoms with Crippen LogP contribution in [-0.2, 0) is 9.53 Å². The number of nitrogens with one attached hydrogen (secondary N) is 2. The van der Waals surface area contributed by atoms with E-state index in [9.17, 15) is 14.0 Å². The number of ether oxygens (including phenoxy) is 2. The molecule has 0 atom stereocenters. The summed E-state index contributed by atoms with van der Waals surface area (Å²) in [5.74, 6) is -1.42. The Morgan fingerprint density at radius 2 is 2.00 bits per heavy atom. The molecule has 0 aliphatic rings. The summed E-state index contributed by atoms with van der Waals surface area (Å²) >= 11 is 0. The summed E-state index contributed by atoms with van der Waals surface area (Å²) in [5, 5.41) is 4.86. The molecule has 6 nitrogen and oxygen atoms in total. The molecule has 0 aliphatic carbocycles. The van der Waals surface area contributed by atoms with Crippen LogP contribution in [0.3, 0.4) is 0 Å². The van der Waals surface area contributed by atoms with Crippen LogP contribution in [0.15, 0.2) is 18.2 Å². The minimum Gasteiger partial charge on any atom is -0.497 e. The van der Waals surface area contributed by atoms with Crippen LogP contribution in [0.25, 0.3) is 0 Å². The van der Waals surface area contributed by atoms with Gasteiger partial charge in [-0.05, 0) is 12.1 Å². The van der Waals surface area contributed by atoms with Crippen molar-refractivity contribution in [2.24, 2.45) is 0 Å². The van der Waals surface area contributed by atoms with E-state index in [-0.39, 0.29) is 18.0 Å². The Balaban J connectivity index is 2.48. The quantitative estimate of drug-likeness (QED) is 0.707. The van der Waals surface area contributed by atoms with Crippen LogP contribution >= 0.6 is 0 Å². The van der Waals surface area contributed by atoms with Gasteiger partial charge in [0.15, 0.2) is 0 Å². The van der Waals surface area contributed by atoms with E-state index in [1.807, 2.05) is 0 Å². The first-order chi connectivity index (χ1) is 9.58. The second kappa shape index (κ2) is 8.11. The zero-order valence-electron chi connectivity index (χ0n) is 11.4. The van der Waals surface area contributed by atoms with Gasteiger partial charge in [-0.2, -0.15) is 0 Å². The minimum atomic E-state index is -0.707. The fraction of sp³-hybridized carbons (Fsp3) is 0.385. The molecule has 0 fully saturated rings. The van der Waals surface area contributed by atoms with E-state index in [0.717, 1.165) is 6.07 Å². The van der Waals surface area contributed by atoms with Crippen LogP contribution in [0, 0.1) is 5.82 Å². The van der Waals surface area contributed by atoms with Crippen molar-refractivity contribution in [1.82, 2.24) is 10.6 Å². The Labute approximate surface area is 116 Å².